The number of amides is 1. The maximum absolute atomic E-state index is 12.3. The Morgan fingerprint density at radius 3 is 2.63 bits per heavy atom. The van der Waals surface area contributed by atoms with E-state index in [0.29, 0.717) is 16.0 Å². The van der Waals surface area contributed by atoms with E-state index in [9.17, 15) is 9.59 Å². The predicted octanol–water partition coefficient (Wildman–Crippen LogP) is 3.02. The number of benzene rings is 1. The van der Waals surface area contributed by atoms with Crippen molar-refractivity contribution < 1.29 is 14.7 Å². The van der Waals surface area contributed by atoms with Crippen molar-refractivity contribution in [1.82, 2.24) is 4.90 Å². The average molecular weight is 326 g/mol. The van der Waals surface area contributed by atoms with Gasteiger partial charge < -0.3 is 10.0 Å². The molecule has 1 saturated heterocycles. The molecule has 1 atom stereocenters. The van der Waals surface area contributed by atoms with Crippen LogP contribution in [0.5, 0.6) is 0 Å². The molecule has 1 unspecified atom stereocenters. The zero-order valence-corrected chi connectivity index (χ0v) is 12.3. The molecule has 0 spiro atoms. The summed E-state index contributed by atoms with van der Waals surface area (Å²) in [5, 5.41) is 9.02. The molecule has 1 N–H and O–H groups in total. The van der Waals surface area contributed by atoms with Crippen molar-refractivity contribution >= 4 is 27.8 Å². The lowest BCUT2D eigenvalue weighted by atomic mass is 10.1. The molecule has 102 valence electrons. The second-order valence-electron chi connectivity index (χ2n) is 4.85. The SMILES string of the molecule is CCC1CCN(C(=O)c2cc(Br)cc(C(=O)O)c2)C1. The van der Waals surface area contributed by atoms with Crippen LogP contribution >= 0.6 is 15.9 Å². The van der Waals surface area contributed by atoms with E-state index in [1.807, 2.05) is 4.90 Å². The number of hydrogen-bond donors (Lipinski definition) is 1. The van der Waals surface area contributed by atoms with Crippen molar-refractivity contribution in [3.8, 4) is 0 Å². The van der Waals surface area contributed by atoms with Crippen LogP contribution in [-0.4, -0.2) is 35.0 Å². The summed E-state index contributed by atoms with van der Waals surface area (Å²) in [4.78, 5) is 25.2. The summed E-state index contributed by atoms with van der Waals surface area (Å²) in [5.41, 5.74) is 0.562. The van der Waals surface area contributed by atoms with Crippen LogP contribution in [0.1, 0.15) is 40.5 Å². The first kappa shape index (κ1) is 14.1. The van der Waals surface area contributed by atoms with Gasteiger partial charge >= 0.3 is 5.97 Å². The van der Waals surface area contributed by atoms with Crippen LogP contribution < -0.4 is 0 Å². The van der Waals surface area contributed by atoms with Gasteiger partial charge in [-0.2, -0.15) is 0 Å². The molecule has 0 bridgehead atoms. The normalized spacial score (nSPS) is 18.6. The molecule has 1 aliphatic rings. The highest BCUT2D eigenvalue weighted by atomic mass is 79.9. The van der Waals surface area contributed by atoms with Crippen LogP contribution in [0, 0.1) is 5.92 Å². The lowest BCUT2D eigenvalue weighted by Crippen LogP contribution is -2.28. The first-order chi connectivity index (χ1) is 9.01. The molecule has 1 amide bonds. The Balaban J connectivity index is 2.22. The van der Waals surface area contributed by atoms with Gasteiger partial charge in [0.1, 0.15) is 0 Å². The summed E-state index contributed by atoms with van der Waals surface area (Å²) < 4.78 is 0.613. The smallest absolute Gasteiger partial charge is 0.335 e. The predicted molar refractivity (Wildman–Crippen MR) is 75.4 cm³/mol. The van der Waals surface area contributed by atoms with E-state index in [2.05, 4.69) is 22.9 Å². The van der Waals surface area contributed by atoms with E-state index in [4.69, 9.17) is 5.11 Å². The van der Waals surface area contributed by atoms with Crippen LogP contribution in [-0.2, 0) is 0 Å². The molecular formula is C14H16BrNO3. The molecule has 0 saturated carbocycles. The highest BCUT2D eigenvalue weighted by molar-refractivity contribution is 9.10. The van der Waals surface area contributed by atoms with Crippen molar-refractivity contribution in [2.75, 3.05) is 13.1 Å². The van der Waals surface area contributed by atoms with Crippen LogP contribution in [0.25, 0.3) is 0 Å². The first-order valence-electron chi connectivity index (χ1n) is 6.34. The van der Waals surface area contributed by atoms with E-state index in [0.717, 1.165) is 25.9 Å². The number of likely N-dealkylation sites (tertiary alicyclic amines) is 1. The zero-order chi connectivity index (χ0) is 14.0. The summed E-state index contributed by atoms with van der Waals surface area (Å²) in [7, 11) is 0. The molecule has 2 rings (SSSR count). The van der Waals surface area contributed by atoms with E-state index >= 15 is 0 Å². The lowest BCUT2D eigenvalue weighted by Gasteiger charge is -2.16. The summed E-state index contributed by atoms with van der Waals surface area (Å²) in [6.45, 7) is 3.65. The van der Waals surface area contributed by atoms with Crippen molar-refractivity contribution in [2.24, 2.45) is 5.92 Å². The molecular weight excluding hydrogens is 310 g/mol. The van der Waals surface area contributed by atoms with Crippen LogP contribution in [0.15, 0.2) is 22.7 Å². The molecule has 5 heteroatoms. The van der Waals surface area contributed by atoms with Gasteiger partial charge in [0.2, 0.25) is 0 Å². The van der Waals surface area contributed by atoms with Gasteiger partial charge in [0.25, 0.3) is 5.91 Å². The Morgan fingerprint density at radius 2 is 2.05 bits per heavy atom. The third-order valence-corrected chi connectivity index (χ3v) is 4.00. The second kappa shape index (κ2) is 5.74. The third-order valence-electron chi connectivity index (χ3n) is 3.54. The highest BCUT2D eigenvalue weighted by Crippen LogP contribution is 2.23. The molecule has 0 radical (unpaired) electrons. The van der Waals surface area contributed by atoms with Gasteiger partial charge in [-0.1, -0.05) is 29.3 Å². The Kier molecular flexibility index (Phi) is 4.24. The molecule has 1 aromatic carbocycles. The van der Waals surface area contributed by atoms with Crippen molar-refractivity contribution in [3.63, 3.8) is 0 Å². The molecule has 1 fully saturated rings. The zero-order valence-electron chi connectivity index (χ0n) is 10.7. The molecule has 1 heterocycles. The number of carboxylic acids is 1. The standard InChI is InChI=1S/C14H16BrNO3/c1-2-9-3-4-16(8-9)13(17)10-5-11(14(18)19)7-12(15)6-10/h5-7,9H,2-4,8H2,1H3,(H,18,19). The molecule has 0 aliphatic carbocycles. The number of aromatic carboxylic acids is 1. The van der Waals surface area contributed by atoms with Crippen LogP contribution in [0.4, 0.5) is 0 Å². The molecule has 4 nitrogen and oxygen atoms in total. The fourth-order valence-corrected chi connectivity index (χ4v) is 2.86. The average Bonchev–Trinajstić information content (AvgIpc) is 2.85. The van der Waals surface area contributed by atoms with Crippen molar-refractivity contribution in [1.29, 1.82) is 0 Å². The summed E-state index contributed by atoms with van der Waals surface area (Å²) >= 11 is 3.25. The van der Waals surface area contributed by atoms with Gasteiger partial charge in [-0.05, 0) is 30.5 Å². The van der Waals surface area contributed by atoms with Gasteiger partial charge in [0.15, 0.2) is 0 Å². The molecule has 0 aromatic heterocycles. The van der Waals surface area contributed by atoms with Crippen LogP contribution in [0.2, 0.25) is 0 Å². The van der Waals surface area contributed by atoms with Crippen LogP contribution in [0.3, 0.4) is 0 Å². The number of nitrogens with zero attached hydrogens (tertiary/aromatic N) is 1. The van der Waals surface area contributed by atoms with Crippen molar-refractivity contribution in [2.45, 2.75) is 19.8 Å². The maximum Gasteiger partial charge on any atom is 0.335 e. The van der Waals surface area contributed by atoms with E-state index < -0.39 is 5.97 Å². The summed E-state index contributed by atoms with van der Waals surface area (Å²) in [5.74, 6) is -0.544. The highest BCUT2D eigenvalue weighted by Gasteiger charge is 2.26. The fraction of sp³-hybridized carbons (Fsp3) is 0.429. The number of carboxylic acid groups (broad SMARTS) is 1. The molecule has 1 aliphatic heterocycles. The monoisotopic (exact) mass is 325 g/mol. The van der Waals surface area contributed by atoms with E-state index in [1.165, 1.54) is 12.1 Å². The molecule has 19 heavy (non-hydrogen) atoms. The number of carbonyl (C=O) groups is 2. The number of halogens is 1. The number of hydrogen-bond acceptors (Lipinski definition) is 2. The third kappa shape index (κ3) is 3.15. The minimum Gasteiger partial charge on any atom is -0.478 e. The Hall–Kier alpha value is -1.36. The summed E-state index contributed by atoms with van der Waals surface area (Å²) in [6.07, 6.45) is 2.10. The minimum atomic E-state index is -1.02. The van der Waals surface area contributed by atoms with Gasteiger partial charge in [-0.3, -0.25) is 4.79 Å². The quantitative estimate of drug-likeness (QED) is 0.929. The minimum absolute atomic E-state index is 0.0836. The van der Waals surface area contributed by atoms with Gasteiger partial charge in [0, 0.05) is 23.1 Å². The number of carbonyl (C=O) groups excluding carboxylic acids is 1. The second-order valence-corrected chi connectivity index (χ2v) is 5.76. The van der Waals surface area contributed by atoms with Gasteiger partial charge in [-0.25, -0.2) is 4.79 Å². The van der Waals surface area contributed by atoms with Crippen molar-refractivity contribution in [3.05, 3.63) is 33.8 Å². The first-order valence-corrected chi connectivity index (χ1v) is 7.13. The summed E-state index contributed by atoms with van der Waals surface area (Å²) in [6, 6.07) is 4.61. The largest absolute Gasteiger partial charge is 0.478 e. The Labute approximate surface area is 120 Å². The lowest BCUT2D eigenvalue weighted by molar-refractivity contribution is 0.0697. The number of rotatable bonds is 3. The van der Waals surface area contributed by atoms with E-state index in [-0.39, 0.29) is 11.5 Å². The Bertz CT molecular complexity index is 515. The Morgan fingerprint density at radius 1 is 1.37 bits per heavy atom. The molecule has 1 aromatic rings. The topological polar surface area (TPSA) is 57.6 Å². The fourth-order valence-electron chi connectivity index (χ4n) is 2.37. The van der Waals surface area contributed by atoms with E-state index in [1.54, 1.807) is 6.07 Å². The van der Waals surface area contributed by atoms with Gasteiger partial charge in [-0.15, -0.1) is 0 Å². The van der Waals surface area contributed by atoms with Gasteiger partial charge in [0.05, 0.1) is 5.56 Å². The maximum atomic E-state index is 12.3.